The van der Waals surface area contributed by atoms with Crippen LogP contribution in [-0.4, -0.2) is 32.6 Å². The lowest BCUT2D eigenvalue weighted by molar-refractivity contribution is 0.370. The monoisotopic (exact) mass is 257 g/mol. The van der Waals surface area contributed by atoms with Crippen molar-refractivity contribution in [1.82, 2.24) is 24.8 Å². The molecule has 1 fully saturated rings. The predicted molar refractivity (Wildman–Crippen MR) is 73.5 cm³/mol. The average Bonchev–Trinajstić information content (AvgIpc) is 2.86. The summed E-state index contributed by atoms with van der Waals surface area (Å²) in [5.41, 5.74) is 2.03. The van der Waals surface area contributed by atoms with Gasteiger partial charge in [0, 0.05) is 25.1 Å². The Kier molecular flexibility index (Phi) is 3.55. The van der Waals surface area contributed by atoms with Crippen LogP contribution < -0.4 is 5.32 Å². The molecule has 0 spiro atoms. The van der Waals surface area contributed by atoms with E-state index in [1.54, 1.807) is 12.5 Å². The highest BCUT2D eigenvalue weighted by Gasteiger charge is 2.15. The SMILES string of the molecule is Cn1ccnc1-c1cc(CC2CCNCC2)ncn1. The first kappa shape index (κ1) is 12.3. The zero-order valence-electron chi connectivity index (χ0n) is 11.2. The molecule has 0 aliphatic carbocycles. The summed E-state index contributed by atoms with van der Waals surface area (Å²) in [6.45, 7) is 2.25. The predicted octanol–water partition coefficient (Wildman–Crippen LogP) is 1.42. The molecule has 1 aliphatic rings. The molecule has 5 nitrogen and oxygen atoms in total. The fourth-order valence-electron chi connectivity index (χ4n) is 2.63. The maximum absolute atomic E-state index is 4.40. The van der Waals surface area contributed by atoms with Gasteiger partial charge >= 0.3 is 0 Å². The van der Waals surface area contributed by atoms with E-state index in [0.717, 1.165) is 42.6 Å². The molecule has 0 atom stereocenters. The van der Waals surface area contributed by atoms with Crippen molar-refractivity contribution in [2.45, 2.75) is 19.3 Å². The molecule has 19 heavy (non-hydrogen) atoms. The summed E-state index contributed by atoms with van der Waals surface area (Å²) in [4.78, 5) is 13.1. The fourth-order valence-corrected chi connectivity index (χ4v) is 2.63. The number of rotatable bonds is 3. The number of imidazole rings is 1. The molecule has 0 saturated carbocycles. The van der Waals surface area contributed by atoms with Crippen molar-refractivity contribution in [1.29, 1.82) is 0 Å². The highest BCUT2D eigenvalue weighted by Crippen LogP contribution is 2.19. The number of aryl methyl sites for hydroxylation is 1. The van der Waals surface area contributed by atoms with Gasteiger partial charge in [0.05, 0.1) is 0 Å². The Morgan fingerprint density at radius 2 is 2.11 bits per heavy atom. The third-order valence-electron chi connectivity index (χ3n) is 3.73. The largest absolute Gasteiger partial charge is 0.333 e. The van der Waals surface area contributed by atoms with Crippen molar-refractivity contribution >= 4 is 0 Å². The van der Waals surface area contributed by atoms with Crippen molar-refractivity contribution in [3.8, 4) is 11.5 Å². The van der Waals surface area contributed by atoms with E-state index in [1.807, 2.05) is 17.8 Å². The molecule has 5 heteroatoms. The normalized spacial score (nSPS) is 16.7. The molecule has 0 unspecified atom stereocenters. The van der Waals surface area contributed by atoms with E-state index in [2.05, 4.69) is 26.3 Å². The van der Waals surface area contributed by atoms with Crippen LogP contribution in [0.2, 0.25) is 0 Å². The highest BCUT2D eigenvalue weighted by molar-refractivity contribution is 5.49. The summed E-state index contributed by atoms with van der Waals surface area (Å²) >= 11 is 0. The lowest BCUT2D eigenvalue weighted by Crippen LogP contribution is -2.28. The van der Waals surface area contributed by atoms with Gasteiger partial charge in [0.15, 0.2) is 5.82 Å². The maximum atomic E-state index is 4.40. The first-order valence-electron chi connectivity index (χ1n) is 6.82. The third-order valence-corrected chi connectivity index (χ3v) is 3.73. The second-order valence-corrected chi connectivity index (χ2v) is 5.15. The van der Waals surface area contributed by atoms with E-state index in [9.17, 15) is 0 Å². The molecule has 1 N–H and O–H groups in total. The number of nitrogens with zero attached hydrogens (tertiary/aromatic N) is 4. The molecule has 3 heterocycles. The first-order valence-corrected chi connectivity index (χ1v) is 6.82. The minimum absolute atomic E-state index is 0.741. The topological polar surface area (TPSA) is 55.6 Å². The number of aromatic nitrogens is 4. The van der Waals surface area contributed by atoms with E-state index < -0.39 is 0 Å². The van der Waals surface area contributed by atoms with Crippen LogP contribution in [0.3, 0.4) is 0 Å². The Morgan fingerprint density at radius 1 is 1.26 bits per heavy atom. The van der Waals surface area contributed by atoms with Gasteiger partial charge in [0.2, 0.25) is 0 Å². The second-order valence-electron chi connectivity index (χ2n) is 5.15. The van der Waals surface area contributed by atoms with Gasteiger partial charge in [0.1, 0.15) is 12.0 Å². The fraction of sp³-hybridized carbons (Fsp3) is 0.500. The van der Waals surface area contributed by atoms with E-state index >= 15 is 0 Å². The lowest BCUT2D eigenvalue weighted by Gasteiger charge is -2.22. The van der Waals surface area contributed by atoms with Gasteiger partial charge in [0.25, 0.3) is 0 Å². The van der Waals surface area contributed by atoms with Crippen LogP contribution >= 0.6 is 0 Å². The first-order chi connectivity index (χ1) is 9.33. The molecule has 0 radical (unpaired) electrons. The summed E-state index contributed by atoms with van der Waals surface area (Å²) in [5, 5.41) is 3.40. The minimum atomic E-state index is 0.741. The molecule has 3 rings (SSSR count). The zero-order valence-corrected chi connectivity index (χ0v) is 11.2. The Morgan fingerprint density at radius 3 is 2.84 bits per heavy atom. The van der Waals surface area contributed by atoms with Crippen LogP contribution in [-0.2, 0) is 13.5 Å². The minimum Gasteiger partial charge on any atom is -0.333 e. The van der Waals surface area contributed by atoms with E-state index in [-0.39, 0.29) is 0 Å². The van der Waals surface area contributed by atoms with E-state index in [4.69, 9.17) is 0 Å². The maximum Gasteiger partial charge on any atom is 0.158 e. The van der Waals surface area contributed by atoms with Crippen LogP contribution in [0.25, 0.3) is 11.5 Å². The highest BCUT2D eigenvalue weighted by atomic mass is 15.1. The second kappa shape index (κ2) is 5.48. The number of hydrogen-bond donors (Lipinski definition) is 1. The molecule has 1 aliphatic heterocycles. The molecular weight excluding hydrogens is 238 g/mol. The number of piperidine rings is 1. The summed E-state index contributed by atoms with van der Waals surface area (Å²) in [7, 11) is 1.98. The molecule has 0 bridgehead atoms. The van der Waals surface area contributed by atoms with Crippen LogP contribution in [0.4, 0.5) is 0 Å². The van der Waals surface area contributed by atoms with Gasteiger partial charge in [-0.3, -0.25) is 0 Å². The Labute approximate surface area is 113 Å². The summed E-state index contributed by atoms with van der Waals surface area (Å²) in [6.07, 6.45) is 8.90. The number of hydrogen-bond acceptors (Lipinski definition) is 4. The van der Waals surface area contributed by atoms with Crippen LogP contribution in [0.15, 0.2) is 24.8 Å². The molecule has 1 saturated heterocycles. The molecule has 100 valence electrons. The summed E-state index contributed by atoms with van der Waals surface area (Å²) in [5.74, 6) is 1.64. The van der Waals surface area contributed by atoms with Gasteiger partial charge in [-0.15, -0.1) is 0 Å². The standard InChI is InChI=1S/C14H19N5/c1-19-7-6-16-14(19)13-9-12(17-10-18-13)8-11-2-4-15-5-3-11/h6-7,9-11,15H,2-5,8H2,1H3. The molecule has 2 aromatic rings. The van der Waals surface area contributed by atoms with E-state index in [1.165, 1.54) is 12.8 Å². The van der Waals surface area contributed by atoms with Crippen molar-refractivity contribution in [2.75, 3.05) is 13.1 Å². The van der Waals surface area contributed by atoms with Crippen molar-refractivity contribution in [2.24, 2.45) is 13.0 Å². The smallest absolute Gasteiger partial charge is 0.158 e. The van der Waals surface area contributed by atoms with Gasteiger partial charge < -0.3 is 9.88 Å². The van der Waals surface area contributed by atoms with Crippen LogP contribution in [0.1, 0.15) is 18.5 Å². The zero-order chi connectivity index (χ0) is 13.1. The van der Waals surface area contributed by atoms with Gasteiger partial charge in [-0.2, -0.15) is 0 Å². The van der Waals surface area contributed by atoms with Gasteiger partial charge in [-0.05, 0) is 44.3 Å². The third kappa shape index (κ3) is 2.81. The molecule has 2 aromatic heterocycles. The quantitative estimate of drug-likeness (QED) is 0.903. The summed E-state index contributed by atoms with van der Waals surface area (Å²) in [6, 6.07) is 2.07. The van der Waals surface area contributed by atoms with Crippen molar-refractivity contribution in [3.63, 3.8) is 0 Å². The molecule has 0 aromatic carbocycles. The van der Waals surface area contributed by atoms with Gasteiger partial charge in [-0.25, -0.2) is 15.0 Å². The Bertz CT molecular complexity index is 542. The summed E-state index contributed by atoms with van der Waals surface area (Å²) < 4.78 is 1.98. The van der Waals surface area contributed by atoms with Crippen LogP contribution in [0, 0.1) is 5.92 Å². The van der Waals surface area contributed by atoms with Crippen molar-refractivity contribution < 1.29 is 0 Å². The van der Waals surface area contributed by atoms with Crippen LogP contribution in [0.5, 0.6) is 0 Å². The van der Waals surface area contributed by atoms with Crippen molar-refractivity contribution in [3.05, 3.63) is 30.5 Å². The number of nitrogens with one attached hydrogen (secondary N) is 1. The van der Waals surface area contributed by atoms with Gasteiger partial charge in [-0.1, -0.05) is 0 Å². The Hall–Kier alpha value is -1.75. The van der Waals surface area contributed by atoms with E-state index in [0.29, 0.717) is 0 Å². The molecular formula is C14H19N5. The molecule has 0 amide bonds. The lowest BCUT2D eigenvalue weighted by atomic mass is 9.93. The average molecular weight is 257 g/mol. The Balaban J connectivity index is 1.78.